The van der Waals surface area contributed by atoms with Gasteiger partial charge in [-0.3, -0.25) is 9.69 Å². The Balaban J connectivity index is 1.33. The van der Waals surface area contributed by atoms with Gasteiger partial charge in [-0.2, -0.15) is 0 Å². The van der Waals surface area contributed by atoms with Crippen LogP contribution in [0.15, 0.2) is 11.6 Å². The Morgan fingerprint density at radius 3 is 2.74 bits per heavy atom. The van der Waals surface area contributed by atoms with Crippen LogP contribution in [0.3, 0.4) is 0 Å². The largest absolute Gasteiger partial charge is 0.340 e. The monoisotopic (exact) mass is 336 g/mol. The molecule has 1 saturated carbocycles. The van der Waals surface area contributed by atoms with Crippen LogP contribution in [-0.4, -0.2) is 60.0 Å². The molecule has 2 aliphatic rings. The van der Waals surface area contributed by atoms with Gasteiger partial charge in [-0.15, -0.1) is 11.3 Å². The minimum Gasteiger partial charge on any atom is -0.340 e. The van der Waals surface area contributed by atoms with Crippen LogP contribution in [0.4, 0.5) is 0 Å². The summed E-state index contributed by atoms with van der Waals surface area (Å²) >= 11 is 1.70. The normalized spacial score (nSPS) is 21.7. The Morgan fingerprint density at radius 2 is 2.09 bits per heavy atom. The number of nitrogens with zero attached hydrogens (tertiary/aromatic N) is 3. The van der Waals surface area contributed by atoms with Crippen molar-refractivity contribution in [3.63, 3.8) is 0 Å². The van der Waals surface area contributed by atoms with Gasteiger partial charge < -0.3 is 10.2 Å². The third-order valence-electron chi connectivity index (χ3n) is 5.09. The molecule has 3 rings (SSSR count). The van der Waals surface area contributed by atoms with Crippen LogP contribution in [0, 0.1) is 5.92 Å². The van der Waals surface area contributed by atoms with Gasteiger partial charge in [0.15, 0.2) is 0 Å². The molecule has 1 atom stereocenters. The lowest BCUT2D eigenvalue weighted by atomic mass is 10.1. The van der Waals surface area contributed by atoms with E-state index < -0.39 is 0 Å². The second kappa shape index (κ2) is 8.22. The molecule has 0 unspecified atom stereocenters. The van der Waals surface area contributed by atoms with Crippen LogP contribution < -0.4 is 5.32 Å². The molecule has 2 fully saturated rings. The van der Waals surface area contributed by atoms with E-state index in [1.54, 1.807) is 11.3 Å². The lowest BCUT2D eigenvalue weighted by Crippen LogP contribution is -2.51. The van der Waals surface area contributed by atoms with Crippen LogP contribution >= 0.6 is 11.3 Å². The van der Waals surface area contributed by atoms with Gasteiger partial charge in [0.25, 0.3) is 0 Å². The van der Waals surface area contributed by atoms with Crippen molar-refractivity contribution in [2.75, 3.05) is 39.3 Å². The summed E-state index contributed by atoms with van der Waals surface area (Å²) < 4.78 is 0. The number of thiazole rings is 1. The summed E-state index contributed by atoms with van der Waals surface area (Å²) in [4.78, 5) is 21.3. The predicted molar refractivity (Wildman–Crippen MR) is 93.5 cm³/mol. The van der Waals surface area contributed by atoms with Crippen molar-refractivity contribution in [2.45, 2.75) is 38.6 Å². The molecule has 128 valence electrons. The van der Waals surface area contributed by atoms with E-state index in [0.29, 0.717) is 17.9 Å². The van der Waals surface area contributed by atoms with E-state index in [4.69, 9.17) is 0 Å². The number of carbonyl (C=O) groups excluding carboxylic acids is 1. The van der Waals surface area contributed by atoms with Gasteiger partial charge in [-0.25, -0.2) is 4.98 Å². The van der Waals surface area contributed by atoms with E-state index in [-0.39, 0.29) is 0 Å². The smallest absolute Gasteiger partial charge is 0.225 e. The molecule has 6 heteroatoms. The zero-order chi connectivity index (χ0) is 16.1. The van der Waals surface area contributed by atoms with Gasteiger partial charge in [0.1, 0.15) is 5.01 Å². The maximum Gasteiger partial charge on any atom is 0.225 e. The van der Waals surface area contributed by atoms with Crippen LogP contribution in [0.25, 0.3) is 0 Å². The lowest BCUT2D eigenvalue weighted by Gasteiger charge is -2.36. The summed E-state index contributed by atoms with van der Waals surface area (Å²) in [6.45, 7) is 7.99. The molecule has 0 radical (unpaired) electrons. The molecule has 5 nitrogen and oxygen atoms in total. The number of nitrogens with one attached hydrogen (secondary N) is 1. The molecule has 1 saturated heterocycles. The van der Waals surface area contributed by atoms with Crippen molar-refractivity contribution in [3.05, 3.63) is 16.6 Å². The van der Waals surface area contributed by atoms with Crippen LogP contribution in [0.2, 0.25) is 0 Å². The molecule has 1 N–H and O–H groups in total. The first-order valence-electron chi connectivity index (χ1n) is 8.88. The first-order chi connectivity index (χ1) is 11.2. The van der Waals surface area contributed by atoms with Crippen molar-refractivity contribution >= 4 is 17.2 Å². The topological polar surface area (TPSA) is 48.5 Å². The second-order valence-electron chi connectivity index (χ2n) is 6.69. The van der Waals surface area contributed by atoms with Crippen molar-refractivity contribution in [3.8, 4) is 0 Å². The molecule has 23 heavy (non-hydrogen) atoms. The van der Waals surface area contributed by atoms with Crippen molar-refractivity contribution in [2.24, 2.45) is 5.92 Å². The zero-order valence-electron chi connectivity index (χ0n) is 14.0. The van der Waals surface area contributed by atoms with Gasteiger partial charge in [-0.05, 0) is 19.8 Å². The van der Waals surface area contributed by atoms with Gasteiger partial charge in [-0.1, -0.05) is 12.8 Å². The van der Waals surface area contributed by atoms with E-state index >= 15 is 0 Å². The minimum absolute atomic E-state index is 0.320. The molecule has 1 amide bonds. The molecule has 1 aliphatic carbocycles. The van der Waals surface area contributed by atoms with Gasteiger partial charge in [0, 0.05) is 56.8 Å². The highest BCUT2D eigenvalue weighted by Crippen LogP contribution is 2.26. The summed E-state index contributed by atoms with van der Waals surface area (Å²) in [6, 6.07) is 0.320. The number of piperazine rings is 1. The molecule has 0 aromatic carbocycles. The Labute approximate surface area is 143 Å². The Kier molecular flexibility index (Phi) is 6.02. The molecular weight excluding hydrogens is 308 g/mol. The molecule has 0 bridgehead atoms. The Bertz CT molecular complexity index is 479. The third kappa shape index (κ3) is 4.52. The summed E-state index contributed by atoms with van der Waals surface area (Å²) in [5.74, 6) is 0.736. The molecule has 0 spiro atoms. The predicted octanol–water partition coefficient (Wildman–Crippen LogP) is 2.13. The minimum atomic E-state index is 0.320. The van der Waals surface area contributed by atoms with Crippen molar-refractivity contribution < 1.29 is 4.79 Å². The number of hydrogen-bond donors (Lipinski definition) is 1. The summed E-state index contributed by atoms with van der Waals surface area (Å²) in [5, 5.41) is 6.71. The molecule has 1 aromatic heterocycles. The number of rotatable bonds is 6. The van der Waals surface area contributed by atoms with E-state index in [2.05, 4.69) is 27.0 Å². The van der Waals surface area contributed by atoms with Crippen molar-refractivity contribution in [1.82, 2.24) is 20.1 Å². The number of aromatic nitrogens is 1. The van der Waals surface area contributed by atoms with Gasteiger partial charge >= 0.3 is 0 Å². The van der Waals surface area contributed by atoms with E-state index in [1.807, 2.05) is 11.6 Å². The molecule has 1 aliphatic heterocycles. The van der Waals surface area contributed by atoms with Crippen LogP contribution in [-0.2, 0) is 4.79 Å². The molecule has 2 heterocycles. The second-order valence-corrected chi connectivity index (χ2v) is 7.62. The fourth-order valence-electron chi connectivity index (χ4n) is 3.60. The third-order valence-corrected chi connectivity index (χ3v) is 6.05. The first kappa shape index (κ1) is 16.9. The lowest BCUT2D eigenvalue weighted by molar-refractivity contribution is -0.137. The molecule has 1 aromatic rings. The van der Waals surface area contributed by atoms with E-state index in [0.717, 1.165) is 57.1 Å². The number of hydrogen-bond acceptors (Lipinski definition) is 5. The summed E-state index contributed by atoms with van der Waals surface area (Å²) in [6.07, 6.45) is 6.55. The zero-order valence-corrected chi connectivity index (χ0v) is 14.9. The quantitative estimate of drug-likeness (QED) is 0.864. The van der Waals surface area contributed by atoms with Gasteiger partial charge in [0.05, 0.1) is 6.04 Å². The number of amides is 1. The van der Waals surface area contributed by atoms with Crippen LogP contribution in [0.5, 0.6) is 0 Å². The highest BCUT2D eigenvalue weighted by Gasteiger charge is 2.29. The maximum absolute atomic E-state index is 12.4. The summed E-state index contributed by atoms with van der Waals surface area (Å²) in [7, 11) is 0. The number of carbonyl (C=O) groups is 1. The van der Waals surface area contributed by atoms with E-state index in [9.17, 15) is 4.79 Å². The SMILES string of the molecule is C[C@H](NCCN1CCN(C(=O)C2CCCC2)CC1)c1nccs1. The Morgan fingerprint density at radius 1 is 1.35 bits per heavy atom. The van der Waals surface area contributed by atoms with E-state index in [1.165, 1.54) is 12.8 Å². The van der Waals surface area contributed by atoms with Gasteiger partial charge in [0.2, 0.25) is 5.91 Å². The van der Waals surface area contributed by atoms with Crippen molar-refractivity contribution in [1.29, 1.82) is 0 Å². The molecular formula is C17H28N4OS. The van der Waals surface area contributed by atoms with Crippen LogP contribution in [0.1, 0.15) is 43.7 Å². The Hall–Kier alpha value is -0.980. The fraction of sp³-hybridized carbons (Fsp3) is 0.765. The standard InChI is InChI=1S/C17H28N4OS/c1-14(16-19-7-13-23-16)18-6-8-20-9-11-21(12-10-20)17(22)15-4-2-3-5-15/h7,13-15,18H,2-6,8-12H2,1H3/t14-/m0/s1. The highest BCUT2D eigenvalue weighted by atomic mass is 32.1. The average molecular weight is 337 g/mol. The summed E-state index contributed by atoms with van der Waals surface area (Å²) in [5.41, 5.74) is 0. The average Bonchev–Trinajstić information content (AvgIpc) is 3.28. The first-order valence-corrected chi connectivity index (χ1v) is 9.76. The fourth-order valence-corrected chi connectivity index (χ4v) is 4.27. The maximum atomic E-state index is 12.4. The highest BCUT2D eigenvalue weighted by molar-refractivity contribution is 7.09.